The van der Waals surface area contributed by atoms with Gasteiger partial charge >= 0.3 is 0 Å². The van der Waals surface area contributed by atoms with Gasteiger partial charge in [-0.2, -0.15) is 0 Å². The van der Waals surface area contributed by atoms with Gasteiger partial charge in [0.05, 0.1) is 0 Å². The number of rotatable bonds is 5. The second-order valence-corrected chi connectivity index (χ2v) is 4.64. The third kappa shape index (κ3) is 3.81. The maximum absolute atomic E-state index is 5.71. The maximum atomic E-state index is 5.71. The van der Waals surface area contributed by atoms with Crippen LogP contribution in [0, 0.1) is 11.8 Å². The van der Waals surface area contributed by atoms with Crippen molar-refractivity contribution in [2.75, 3.05) is 13.1 Å². The summed E-state index contributed by atoms with van der Waals surface area (Å²) >= 11 is 0. The Labute approximate surface area is 87.9 Å². The van der Waals surface area contributed by atoms with E-state index in [0.29, 0.717) is 12.0 Å². The molecule has 2 heteroatoms. The molecule has 0 aromatic carbocycles. The molecule has 0 fully saturated rings. The van der Waals surface area contributed by atoms with Crippen LogP contribution in [0.3, 0.4) is 0 Å². The van der Waals surface area contributed by atoms with Crippen molar-refractivity contribution in [1.29, 1.82) is 0 Å². The first-order valence-corrected chi connectivity index (χ1v) is 5.82. The second kappa shape index (κ2) is 6.20. The summed E-state index contributed by atoms with van der Waals surface area (Å²) in [5, 5.41) is 3.58. The van der Waals surface area contributed by atoms with Gasteiger partial charge in [0.1, 0.15) is 0 Å². The molecule has 0 aromatic rings. The van der Waals surface area contributed by atoms with Gasteiger partial charge in [-0.25, -0.2) is 0 Å². The summed E-state index contributed by atoms with van der Waals surface area (Å²) < 4.78 is 0. The van der Waals surface area contributed by atoms with E-state index in [1.165, 1.54) is 19.3 Å². The smallest absolute Gasteiger partial charge is 0.0213 e. The predicted octanol–water partition coefficient (Wildman–Crippen LogP) is 1.92. The molecule has 0 saturated carbocycles. The monoisotopic (exact) mass is 196 g/mol. The minimum Gasteiger partial charge on any atom is -0.329 e. The number of nitrogens with one attached hydrogen (secondary N) is 1. The van der Waals surface area contributed by atoms with Gasteiger partial charge < -0.3 is 11.1 Å². The summed E-state index contributed by atoms with van der Waals surface area (Å²) in [5.41, 5.74) is 5.71. The first kappa shape index (κ1) is 11.7. The molecule has 0 spiro atoms. The lowest BCUT2D eigenvalue weighted by atomic mass is 9.93. The molecule has 0 aliphatic heterocycles. The molecule has 0 aromatic heterocycles. The zero-order valence-electron chi connectivity index (χ0n) is 9.50. The van der Waals surface area contributed by atoms with Crippen molar-refractivity contribution in [2.24, 2.45) is 17.6 Å². The van der Waals surface area contributed by atoms with Crippen molar-refractivity contribution in [2.45, 2.75) is 39.2 Å². The summed E-state index contributed by atoms with van der Waals surface area (Å²) in [6, 6.07) is 0.487. The van der Waals surface area contributed by atoms with Crippen LogP contribution < -0.4 is 11.1 Å². The van der Waals surface area contributed by atoms with Crippen molar-refractivity contribution in [3.63, 3.8) is 0 Å². The molecular formula is C12H24N2. The van der Waals surface area contributed by atoms with E-state index < -0.39 is 0 Å². The normalized spacial score (nSPS) is 24.1. The summed E-state index contributed by atoms with van der Waals surface area (Å²) in [6.45, 7) is 6.33. The van der Waals surface area contributed by atoms with Crippen LogP contribution in [0.15, 0.2) is 12.2 Å². The Morgan fingerprint density at radius 3 is 2.71 bits per heavy atom. The lowest BCUT2D eigenvalue weighted by molar-refractivity contribution is 0.354. The van der Waals surface area contributed by atoms with E-state index in [2.05, 4.69) is 31.3 Å². The van der Waals surface area contributed by atoms with E-state index in [4.69, 9.17) is 5.73 Å². The third-order valence-corrected chi connectivity index (χ3v) is 3.11. The largest absolute Gasteiger partial charge is 0.329 e. The fourth-order valence-electron chi connectivity index (χ4n) is 1.95. The Kier molecular flexibility index (Phi) is 5.20. The fraction of sp³-hybridized carbons (Fsp3) is 0.833. The molecule has 3 N–H and O–H groups in total. The molecule has 2 nitrogen and oxygen atoms in total. The van der Waals surface area contributed by atoms with Gasteiger partial charge in [-0.1, -0.05) is 26.0 Å². The Morgan fingerprint density at radius 1 is 1.43 bits per heavy atom. The highest BCUT2D eigenvalue weighted by molar-refractivity contribution is 4.91. The Balaban J connectivity index is 2.20. The van der Waals surface area contributed by atoms with Crippen LogP contribution in [0.2, 0.25) is 0 Å². The average Bonchev–Trinajstić information content (AvgIpc) is 2.20. The molecule has 2 atom stereocenters. The van der Waals surface area contributed by atoms with E-state index >= 15 is 0 Å². The van der Waals surface area contributed by atoms with Crippen LogP contribution in [0.1, 0.15) is 33.1 Å². The first-order chi connectivity index (χ1) is 6.74. The Morgan fingerprint density at radius 2 is 2.21 bits per heavy atom. The lowest BCUT2D eigenvalue weighted by Crippen LogP contribution is -2.42. The van der Waals surface area contributed by atoms with Gasteiger partial charge in [0.2, 0.25) is 0 Å². The molecule has 0 amide bonds. The molecule has 0 radical (unpaired) electrons. The number of hydrogen-bond acceptors (Lipinski definition) is 2. The molecular weight excluding hydrogens is 172 g/mol. The number of allylic oxidation sites excluding steroid dienone is 2. The van der Waals surface area contributed by atoms with Gasteiger partial charge in [-0.3, -0.25) is 0 Å². The predicted molar refractivity (Wildman–Crippen MR) is 62.2 cm³/mol. The summed E-state index contributed by atoms with van der Waals surface area (Å²) in [7, 11) is 0. The molecule has 2 unspecified atom stereocenters. The quantitative estimate of drug-likeness (QED) is 0.659. The Bertz CT molecular complexity index is 175. The van der Waals surface area contributed by atoms with E-state index in [0.717, 1.165) is 19.0 Å². The van der Waals surface area contributed by atoms with Gasteiger partial charge in [0, 0.05) is 12.6 Å². The topological polar surface area (TPSA) is 38.0 Å². The molecule has 1 aliphatic carbocycles. The molecule has 1 aliphatic rings. The SMILES string of the molecule is CC(C)C(CN)NCC1CC=CCC1. The van der Waals surface area contributed by atoms with Crippen LogP contribution in [0.4, 0.5) is 0 Å². The Hall–Kier alpha value is -0.340. The highest BCUT2D eigenvalue weighted by Gasteiger charge is 2.14. The minimum absolute atomic E-state index is 0.487. The van der Waals surface area contributed by atoms with Crippen LogP contribution in [0.5, 0.6) is 0 Å². The molecule has 1 rings (SSSR count). The van der Waals surface area contributed by atoms with E-state index in [-0.39, 0.29) is 0 Å². The van der Waals surface area contributed by atoms with Crippen LogP contribution >= 0.6 is 0 Å². The lowest BCUT2D eigenvalue weighted by Gasteiger charge is -2.25. The average molecular weight is 196 g/mol. The van der Waals surface area contributed by atoms with Crippen molar-refractivity contribution >= 4 is 0 Å². The number of nitrogens with two attached hydrogens (primary N) is 1. The zero-order chi connectivity index (χ0) is 10.4. The van der Waals surface area contributed by atoms with E-state index in [1.807, 2.05) is 0 Å². The van der Waals surface area contributed by atoms with Gasteiger partial charge in [0.25, 0.3) is 0 Å². The van der Waals surface area contributed by atoms with Gasteiger partial charge in [-0.15, -0.1) is 0 Å². The van der Waals surface area contributed by atoms with Crippen molar-refractivity contribution in [3.8, 4) is 0 Å². The highest BCUT2D eigenvalue weighted by atomic mass is 14.9. The first-order valence-electron chi connectivity index (χ1n) is 5.82. The maximum Gasteiger partial charge on any atom is 0.0213 e. The number of hydrogen-bond donors (Lipinski definition) is 2. The highest BCUT2D eigenvalue weighted by Crippen LogP contribution is 2.17. The third-order valence-electron chi connectivity index (χ3n) is 3.11. The van der Waals surface area contributed by atoms with Gasteiger partial charge in [0.15, 0.2) is 0 Å². The molecule has 0 bridgehead atoms. The van der Waals surface area contributed by atoms with Crippen molar-refractivity contribution < 1.29 is 0 Å². The van der Waals surface area contributed by atoms with Crippen LogP contribution in [-0.2, 0) is 0 Å². The summed E-state index contributed by atoms with van der Waals surface area (Å²) in [4.78, 5) is 0. The second-order valence-electron chi connectivity index (χ2n) is 4.64. The molecule has 82 valence electrons. The van der Waals surface area contributed by atoms with Crippen molar-refractivity contribution in [1.82, 2.24) is 5.32 Å². The van der Waals surface area contributed by atoms with Crippen LogP contribution in [0.25, 0.3) is 0 Å². The van der Waals surface area contributed by atoms with E-state index in [1.54, 1.807) is 0 Å². The van der Waals surface area contributed by atoms with Gasteiger partial charge in [-0.05, 0) is 37.6 Å². The summed E-state index contributed by atoms with van der Waals surface area (Å²) in [5.74, 6) is 1.46. The summed E-state index contributed by atoms with van der Waals surface area (Å²) in [6.07, 6.45) is 8.42. The molecule has 0 heterocycles. The fourth-order valence-corrected chi connectivity index (χ4v) is 1.95. The zero-order valence-corrected chi connectivity index (χ0v) is 9.50. The molecule has 14 heavy (non-hydrogen) atoms. The van der Waals surface area contributed by atoms with Crippen molar-refractivity contribution in [3.05, 3.63) is 12.2 Å². The molecule has 0 saturated heterocycles. The van der Waals surface area contributed by atoms with E-state index in [9.17, 15) is 0 Å². The minimum atomic E-state index is 0.487. The standard InChI is InChI=1S/C12H24N2/c1-10(2)12(8-13)14-9-11-6-4-3-5-7-11/h3-4,10-12,14H,5-9,13H2,1-2H3. The van der Waals surface area contributed by atoms with Crippen LogP contribution in [-0.4, -0.2) is 19.1 Å².